The Hall–Kier alpha value is -1.70. The van der Waals surface area contributed by atoms with Crippen molar-refractivity contribution in [3.63, 3.8) is 0 Å². The van der Waals surface area contributed by atoms with Gasteiger partial charge in [-0.15, -0.1) is 0 Å². The minimum atomic E-state index is -0.216. The molecule has 0 atom stereocenters. The van der Waals surface area contributed by atoms with Crippen LogP contribution in [0.25, 0.3) is 11.3 Å². The molecular weight excluding hydrogens is 213 g/mol. The summed E-state index contributed by atoms with van der Waals surface area (Å²) in [5.41, 5.74) is 3.13. The minimum Gasteiger partial charge on any atom is -0.256 e. The Morgan fingerprint density at radius 1 is 1.12 bits per heavy atom. The van der Waals surface area contributed by atoms with Crippen molar-refractivity contribution in [2.24, 2.45) is 5.92 Å². The van der Waals surface area contributed by atoms with Crippen LogP contribution in [0.1, 0.15) is 19.4 Å². The highest BCUT2D eigenvalue weighted by Crippen LogP contribution is 2.19. The summed E-state index contributed by atoms with van der Waals surface area (Å²) in [4.78, 5) is 4.32. The van der Waals surface area contributed by atoms with Crippen molar-refractivity contribution in [1.29, 1.82) is 0 Å². The molecule has 17 heavy (non-hydrogen) atoms. The molecule has 0 aliphatic heterocycles. The average Bonchev–Trinajstić information content (AvgIpc) is 2.29. The van der Waals surface area contributed by atoms with Crippen LogP contribution in [0.3, 0.4) is 0 Å². The van der Waals surface area contributed by atoms with Crippen LogP contribution in [0, 0.1) is 11.7 Å². The Morgan fingerprint density at radius 2 is 1.82 bits per heavy atom. The lowest BCUT2D eigenvalue weighted by molar-refractivity contribution is 0.628. The number of hydrogen-bond acceptors (Lipinski definition) is 1. The second kappa shape index (κ2) is 5.09. The van der Waals surface area contributed by atoms with E-state index in [0.717, 1.165) is 17.7 Å². The molecule has 1 nitrogen and oxygen atoms in total. The van der Waals surface area contributed by atoms with Gasteiger partial charge < -0.3 is 0 Å². The molecule has 0 N–H and O–H groups in total. The van der Waals surface area contributed by atoms with Crippen molar-refractivity contribution < 1.29 is 4.39 Å². The van der Waals surface area contributed by atoms with Gasteiger partial charge in [0.25, 0.3) is 0 Å². The number of rotatable bonds is 3. The molecule has 0 fully saturated rings. The van der Waals surface area contributed by atoms with Crippen LogP contribution in [0.15, 0.2) is 42.6 Å². The van der Waals surface area contributed by atoms with E-state index in [1.165, 1.54) is 17.7 Å². The van der Waals surface area contributed by atoms with Crippen LogP contribution in [0.5, 0.6) is 0 Å². The quantitative estimate of drug-likeness (QED) is 0.772. The van der Waals surface area contributed by atoms with E-state index in [0.29, 0.717) is 5.92 Å². The number of aromatic nitrogens is 1. The Bertz CT molecular complexity index is 489. The van der Waals surface area contributed by atoms with Crippen LogP contribution >= 0.6 is 0 Å². The minimum absolute atomic E-state index is 0.216. The van der Waals surface area contributed by atoms with Gasteiger partial charge in [-0.05, 0) is 54.3 Å². The van der Waals surface area contributed by atoms with Crippen molar-refractivity contribution in [1.82, 2.24) is 4.98 Å². The monoisotopic (exact) mass is 229 g/mol. The van der Waals surface area contributed by atoms with E-state index >= 15 is 0 Å². The van der Waals surface area contributed by atoms with Gasteiger partial charge in [-0.3, -0.25) is 4.98 Å². The van der Waals surface area contributed by atoms with Crippen molar-refractivity contribution in [2.75, 3.05) is 0 Å². The predicted molar refractivity (Wildman–Crippen MR) is 68.2 cm³/mol. The largest absolute Gasteiger partial charge is 0.256 e. The molecule has 0 saturated carbocycles. The first-order valence-corrected chi connectivity index (χ1v) is 5.86. The first-order chi connectivity index (χ1) is 8.15. The third-order valence-corrected chi connectivity index (χ3v) is 2.61. The molecule has 0 bridgehead atoms. The molecular formula is C15H16FN. The fourth-order valence-electron chi connectivity index (χ4n) is 1.85. The fourth-order valence-corrected chi connectivity index (χ4v) is 1.85. The van der Waals surface area contributed by atoms with Crippen LogP contribution in [-0.4, -0.2) is 4.98 Å². The number of benzene rings is 1. The zero-order valence-corrected chi connectivity index (χ0v) is 10.2. The Kier molecular flexibility index (Phi) is 3.52. The van der Waals surface area contributed by atoms with E-state index in [9.17, 15) is 4.39 Å². The Morgan fingerprint density at radius 3 is 2.47 bits per heavy atom. The average molecular weight is 229 g/mol. The number of halogens is 1. The van der Waals surface area contributed by atoms with Gasteiger partial charge in [-0.1, -0.05) is 13.8 Å². The Labute approximate surface area is 101 Å². The van der Waals surface area contributed by atoms with E-state index in [1.807, 2.05) is 12.3 Å². The second-order valence-electron chi connectivity index (χ2n) is 4.65. The number of hydrogen-bond donors (Lipinski definition) is 0. The Balaban J connectivity index is 2.29. The highest BCUT2D eigenvalue weighted by molar-refractivity contribution is 5.59. The second-order valence-corrected chi connectivity index (χ2v) is 4.65. The number of pyridine rings is 1. The topological polar surface area (TPSA) is 12.9 Å². The lowest BCUT2D eigenvalue weighted by Crippen LogP contribution is -1.95. The summed E-state index contributed by atoms with van der Waals surface area (Å²) >= 11 is 0. The highest BCUT2D eigenvalue weighted by atomic mass is 19.1. The van der Waals surface area contributed by atoms with Crippen LogP contribution < -0.4 is 0 Å². The number of nitrogens with zero attached hydrogens (tertiary/aromatic N) is 1. The molecule has 1 aromatic heterocycles. The van der Waals surface area contributed by atoms with E-state index < -0.39 is 0 Å². The summed E-state index contributed by atoms with van der Waals surface area (Å²) in [6.07, 6.45) is 2.85. The van der Waals surface area contributed by atoms with Crippen LogP contribution in [0.2, 0.25) is 0 Å². The van der Waals surface area contributed by atoms with Gasteiger partial charge in [0.15, 0.2) is 0 Å². The molecule has 0 unspecified atom stereocenters. The van der Waals surface area contributed by atoms with Crippen LogP contribution in [0.4, 0.5) is 4.39 Å². The maximum absolute atomic E-state index is 12.8. The first-order valence-electron chi connectivity index (χ1n) is 5.86. The van der Waals surface area contributed by atoms with Gasteiger partial charge in [-0.2, -0.15) is 0 Å². The van der Waals surface area contributed by atoms with Crippen molar-refractivity contribution in [3.8, 4) is 11.3 Å². The lowest BCUT2D eigenvalue weighted by Gasteiger charge is -2.07. The molecule has 0 spiro atoms. The van der Waals surface area contributed by atoms with Gasteiger partial charge in [0.2, 0.25) is 0 Å². The van der Waals surface area contributed by atoms with Crippen molar-refractivity contribution in [2.45, 2.75) is 20.3 Å². The molecule has 1 aromatic carbocycles. The maximum Gasteiger partial charge on any atom is 0.123 e. The lowest BCUT2D eigenvalue weighted by atomic mass is 10.0. The summed E-state index contributed by atoms with van der Waals surface area (Å²) < 4.78 is 12.8. The summed E-state index contributed by atoms with van der Waals surface area (Å²) in [5.74, 6) is 0.408. The van der Waals surface area contributed by atoms with Gasteiger partial charge in [0, 0.05) is 11.8 Å². The van der Waals surface area contributed by atoms with E-state index in [2.05, 4.69) is 24.9 Å². The molecule has 0 saturated heterocycles. The smallest absolute Gasteiger partial charge is 0.123 e. The third-order valence-electron chi connectivity index (χ3n) is 2.61. The highest BCUT2D eigenvalue weighted by Gasteiger charge is 2.03. The van der Waals surface area contributed by atoms with Crippen molar-refractivity contribution in [3.05, 3.63) is 54.0 Å². The van der Waals surface area contributed by atoms with E-state index in [1.54, 1.807) is 12.1 Å². The maximum atomic E-state index is 12.8. The summed E-state index contributed by atoms with van der Waals surface area (Å²) in [7, 11) is 0. The molecule has 2 aromatic rings. The molecule has 0 radical (unpaired) electrons. The molecule has 2 heteroatoms. The molecule has 0 aliphatic carbocycles. The summed E-state index contributed by atoms with van der Waals surface area (Å²) in [6, 6.07) is 10.6. The molecule has 88 valence electrons. The third kappa shape index (κ3) is 3.13. The zero-order valence-electron chi connectivity index (χ0n) is 10.2. The molecule has 0 amide bonds. The molecule has 1 heterocycles. The van der Waals surface area contributed by atoms with Crippen LogP contribution in [-0.2, 0) is 6.42 Å². The zero-order chi connectivity index (χ0) is 12.3. The van der Waals surface area contributed by atoms with Gasteiger partial charge >= 0.3 is 0 Å². The molecule has 0 aliphatic rings. The molecule has 2 rings (SSSR count). The van der Waals surface area contributed by atoms with E-state index in [-0.39, 0.29) is 5.82 Å². The first kappa shape index (κ1) is 11.8. The summed E-state index contributed by atoms with van der Waals surface area (Å²) in [5, 5.41) is 0. The summed E-state index contributed by atoms with van der Waals surface area (Å²) in [6.45, 7) is 4.38. The van der Waals surface area contributed by atoms with E-state index in [4.69, 9.17) is 0 Å². The SMILES string of the molecule is CC(C)Cc1ccnc(-c2ccc(F)cc2)c1. The normalized spacial score (nSPS) is 10.8. The van der Waals surface area contributed by atoms with Gasteiger partial charge in [-0.25, -0.2) is 4.39 Å². The van der Waals surface area contributed by atoms with Gasteiger partial charge in [0.1, 0.15) is 5.82 Å². The predicted octanol–water partition coefficient (Wildman–Crippen LogP) is 4.09. The van der Waals surface area contributed by atoms with Crippen molar-refractivity contribution >= 4 is 0 Å². The fraction of sp³-hybridized carbons (Fsp3) is 0.267. The van der Waals surface area contributed by atoms with Gasteiger partial charge in [0.05, 0.1) is 5.69 Å². The standard InChI is InChI=1S/C15H16FN/c1-11(2)9-12-7-8-17-15(10-12)13-3-5-14(16)6-4-13/h3-8,10-11H,9H2,1-2H3.